The first-order valence-corrected chi connectivity index (χ1v) is 20.2. The van der Waals surface area contributed by atoms with Crippen molar-refractivity contribution in [1.29, 1.82) is 0 Å². The van der Waals surface area contributed by atoms with E-state index in [9.17, 15) is 28.8 Å². The van der Waals surface area contributed by atoms with E-state index in [1.54, 1.807) is 24.3 Å². The first-order valence-electron chi connectivity index (χ1n) is 19.2. The number of thioether (sulfide) groups is 1. The molecule has 3 aliphatic rings. The van der Waals surface area contributed by atoms with E-state index < -0.39 is 17.8 Å². The molecule has 3 fully saturated rings. The van der Waals surface area contributed by atoms with Gasteiger partial charge in [0.25, 0.3) is 17.7 Å². The molecule has 2 unspecified atom stereocenters. The molecule has 308 valence electrons. The molecule has 0 spiro atoms. The van der Waals surface area contributed by atoms with Gasteiger partial charge in [0.2, 0.25) is 5.91 Å². The number of anilines is 1. The molecular formula is C38H50N8O10S. The predicted octanol–water partition coefficient (Wildman–Crippen LogP) is 2.15. The van der Waals surface area contributed by atoms with Gasteiger partial charge in [0.15, 0.2) is 0 Å². The molecule has 1 aromatic heterocycles. The van der Waals surface area contributed by atoms with E-state index in [4.69, 9.17) is 19.0 Å². The lowest BCUT2D eigenvalue weighted by atomic mass is 10.0. The van der Waals surface area contributed by atoms with E-state index in [1.165, 1.54) is 24.5 Å². The number of nitrogens with one attached hydrogen (secondary N) is 5. The van der Waals surface area contributed by atoms with Crippen LogP contribution in [0.15, 0.2) is 47.7 Å². The normalized spacial score (nSPS) is 18.7. The Morgan fingerprint density at radius 1 is 0.825 bits per heavy atom. The van der Waals surface area contributed by atoms with Crippen LogP contribution in [-0.2, 0) is 33.4 Å². The van der Waals surface area contributed by atoms with Gasteiger partial charge in [0, 0.05) is 62.8 Å². The summed E-state index contributed by atoms with van der Waals surface area (Å²) in [6.07, 6.45) is 7.66. The number of benzene rings is 1. The Kier molecular flexibility index (Phi) is 17.5. The van der Waals surface area contributed by atoms with Crippen LogP contribution in [0, 0.1) is 0 Å². The van der Waals surface area contributed by atoms with Crippen molar-refractivity contribution in [3.8, 4) is 0 Å². The number of hydrogen-bond donors (Lipinski definition) is 5. The lowest BCUT2D eigenvalue weighted by Gasteiger charge is -2.16. The molecule has 3 saturated heterocycles. The fraction of sp³-hybridized carbons (Fsp3) is 0.526. The van der Waals surface area contributed by atoms with Gasteiger partial charge < -0.3 is 40.3 Å². The minimum atomic E-state index is -0.813. The number of hydroxylamine groups is 2. The van der Waals surface area contributed by atoms with Gasteiger partial charge in [0.05, 0.1) is 55.9 Å². The Morgan fingerprint density at radius 3 is 2.18 bits per heavy atom. The Hall–Kier alpha value is -5.11. The molecule has 0 radical (unpaired) electrons. The van der Waals surface area contributed by atoms with Gasteiger partial charge in [-0.05, 0) is 55.5 Å². The molecule has 1 aromatic carbocycles. The van der Waals surface area contributed by atoms with Gasteiger partial charge in [-0.2, -0.15) is 16.9 Å². The average Bonchev–Trinajstić information content (AvgIpc) is 3.88. The van der Waals surface area contributed by atoms with Crippen LogP contribution >= 0.6 is 11.8 Å². The number of carbonyl (C=O) groups excluding carboxylic acids is 6. The summed E-state index contributed by atoms with van der Waals surface area (Å²) in [5.74, 6) is -0.743. The third kappa shape index (κ3) is 14.4. The number of aromatic nitrogens is 1. The predicted molar refractivity (Wildman–Crippen MR) is 209 cm³/mol. The minimum absolute atomic E-state index is 0.0209. The molecular weight excluding hydrogens is 761 g/mol. The lowest BCUT2D eigenvalue weighted by molar-refractivity contribution is -0.172. The number of unbranched alkanes of at least 4 members (excludes halogenated alkanes) is 1. The van der Waals surface area contributed by atoms with Gasteiger partial charge in [0.1, 0.15) is 5.82 Å². The zero-order chi connectivity index (χ0) is 40.2. The van der Waals surface area contributed by atoms with E-state index in [1.807, 2.05) is 11.8 Å². The number of hydrogen-bond acceptors (Lipinski definition) is 14. The van der Waals surface area contributed by atoms with Gasteiger partial charge in [-0.1, -0.05) is 18.6 Å². The fourth-order valence-corrected chi connectivity index (χ4v) is 7.59. The SMILES string of the molecule is O=C(CCCC[C@H]1SCC2NC(=O)NC21)NCCCOCCOCCOCCCNC(=O)c1ccc(N/N=C/c2ccc(C(=O)ON3C(=O)CCC3=O)cc2)nc1. The standard InChI is InChI=1S/C38H50N8O10S/c47-32(6-2-1-5-30-35-29(25-57-30)43-38(52)44-35)39-15-3-17-53-19-21-55-22-20-54-18-4-16-40-36(50)28-11-12-31(41-24-28)45-42-23-26-7-9-27(10-8-26)37(51)56-46-33(48)13-14-34(46)49/h7-12,23-24,29-30,35H,1-6,13-22,25H2,(H,39,47)(H,40,50)(H,41,45)(H2,43,44,52)/b42-23+/t29?,30-,35?/m1/s1. The Bertz CT molecular complexity index is 1680. The monoisotopic (exact) mass is 810 g/mol. The second-order valence-electron chi connectivity index (χ2n) is 13.4. The van der Waals surface area contributed by atoms with Crippen molar-refractivity contribution >= 4 is 59.4 Å². The first-order chi connectivity index (χ1) is 27.8. The molecule has 0 aliphatic carbocycles. The summed E-state index contributed by atoms with van der Waals surface area (Å²) < 4.78 is 16.7. The highest BCUT2D eigenvalue weighted by Crippen LogP contribution is 2.33. The van der Waals surface area contributed by atoms with Crippen molar-refractivity contribution in [3.63, 3.8) is 0 Å². The summed E-state index contributed by atoms with van der Waals surface area (Å²) >= 11 is 1.89. The van der Waals surface area contributed by atoms with Crippen molar-refractivity contribution in [2.75, 3.05) is 63.9 Å². The highest BCUT2D eigenvalue weighted by Gasteiger charge is 2.42. The van der Waals surface area contributed by atoms with Crippen LogP contribution in [0.25, 0.3) is 0 Å². The quantitative estimate of drug-likeness (QED) is 0.0319. The van der Waals surface area contributed by atoms with E-state index in [2.05, 4.69) is 36.8 Å². The van der Waals surface area contributed by atoms with E-state index >= 15 is 0 Å². The van der Waals surface area contributed by atoms with Crippen LogP contribution < -0.4 is 26.7 Å². The molecule has 5 N–H and O–H groups in total. The summed E-state index contributed by atoms with van der Waals surface area (Å²) in [6.45, 7) is 3.79. The lowest BCUT2D eigenvalue weighted by Crippen LogP contribution is -2.36. The molecule has 0 saturated carbocycles. The molecule has 19 heteroatoms. The number of pyridine rings is 1. The van der Waals surface area contributed by atoms with E-state index in [0.29, 0.717) is 92.8 Å². The number of ether oxygens (including phenoxy) is 3. The van der Waals surface area contributed by atoms with E-state index in [-0.39, 0.29) is 48.3 Å². The van der Waals surface area contributed by atoms with Gasteiger partial charge >= 0.3 is 12.0 Å². The molecule has 3 aliphatic heterocycles. The number of imide groups is 1. The number of hydrazone groups is 1. The van der Waals surface area contributed by atoms with Crippen LogP contribution in [0.2, 0.25) is 0 Å². The summed E-state index contributed by atoms with van der Waals surface area (Å²) in [5.41, 5.74) is 4.00. The fourth-order valence-electron chi connectivity index (χ4n) is 6.05. The van der Waals surface area contributed by atoms with Crippen LogP contribution in [0.1, 0.15) is 77.6 Å². The number of urea groups is 1. The zero-order valence-electron chi connectivity index (χ0n) is 31.7. The van der Waals surface area contributed by atoms with Crippen molar-refractivity contribution in [2.45, 2.75) is 68.7 Å². The Labute approximate surface area is 334 Å². The highest BCUT2D eigenvalue weighted by atomic mass is 32.2. The Morgan fingerprint density at radius 2 is 1.49 bits per heavy atom. The van der Waals surface area contributed by atoms with Crippen molar-refractivity contribution in [3.05, 3.63) is 59.3 Å². The summed E-state index contributed by atoms with van der Waals surface area (Å²) in [7, 11) is 0. The number of rotatable bonds is 25. The maximum absolute atomic E-state index is 12.5. The molecule has 0 bridgehead atoms. The number of fused-ring (bicyclic) bond motifs is 1. The maximum Gasteiger partial charge on any atom is 0.363 e. The number of amides is 6. The second kappa shape index (κ2) is 23.2. The van der Waals surface area contributed by atoms with Gasteiger partial charge in [-0.25, -0.2) is 14.6 Å². The van der Waals surface area contributed by atoms with Crippen LogP contribution in [-0.4, -0.2) is 128 Å². The third-order valence-electron chi connectivity index (χ3n) is 9.11. The largest absolute Gasteiger partial charge is 0.379 e. The highest BCUT2D eigenvalue weighted by molar-refractivity contribution is 8.00. The van der Waals surface area contributed by atoms with Crippen molar-refractivity contribution < 1.29 is 47.8 Å². The molecule has 6 amide bonds. The molecule has 18 nitrogen and oxygen atoms in total. The van der Waals surface area contributed by atoms with Crippen molar-refractivity contribution in [1.82, 2.24) is 31.3 Å². The summed E-state index contributed by atoms with van der Waals surface area (Å²) in [4.78, 5) is 80.7. The molecule has 57 heavy (non-hydrogen) atoms. The molecule has 5 rings (SSSR count). The zero-order valence-corrected chi connectivity index (χ0v) is 32.5. The summed E-state index contributed by atoms with van der Waals surface area (Å²) in [6, 6.07) is 9.83. The first kappa shape index (κ1) is 43.0. The molecule has 4 heterocycles. The van der Waals surface area contributed by atoms with Crippen LogP contribution in [0.3, 0.4) is 0 Å². The van der Waals surface area contributed by atoms with Crippen LogP contribution in [0.5, 0.6) is 0 Å². The number of nitrogens with zero attached hydrogens (tertiary/aromatic N) is 3. The minimum Gasteiger partial charge on any atom is -0.379 e. The van der Waals surface area contributed by atoms with Gasteiger partial charge in [-0.15, -0.1) is 5.06 Å². The Balaban J connectivity index is 0.791. The number of carbonyl (C=O) groups is 6. The van der Waals surface area contributed by atoms with E-state index in [0.717, 1.165) is 31.4 Å². The average molecular weight is 811 g/mol. The van der Waals surface area contributed by atoms with Crippen LogP contribution in [0.4, 0.5) is 10.6 Å². The second-order valence-corrected chi connectivity index (χ2v) is 14.7. The van der Waals surface area contributed by atoms with Gasteiger partial charge in [-0.3, -0.25) is 24.6 Å². The topological polar surface area (TPSA) is 228 Å². The van der Waals surface area contributed by atoms with Crippen molar-refractivity contribution in [2.24, 2.45) is 5.10 Å². The molecule has 2 aromatic rings. The maximum atomic E-state index is 12.5. The summed E-state index contributed by atoms with van der Waals surface area (Å²) in [5, 5.41) is 16.8. The molecule has 3 atom stereocenters. The smallest absolute Gasteiger partial charge is 0.363 e. The third-order valence-corrected chi connectivity index (χ3v) is 10.6.